The Bertz CT molecular complexity index is 1390. The van der Waals surface area contributed by atoms with Gasteiger partial charge in [0.2, 0.25) is 0 Å². The number of nitrogens with two attached hydrogens (primary N) is 1. The summed E-state index contributed by atoms with van der Waals surface area (Å²) in [6, 6.07) is 8.30. The van der Waals surface area contributed by atoms with Crippen molar-refractivity contribution >= 4 is 28.3 Å². The Morgan fingerprint density at radius 1 is 1.24 bits per heavy atom. The zero-order chi connectivity index (χ0) is 24.8. The van der Waals surface area contributed by atoms with Crippen LogP contribution in [0.4, 0.5) is 14.6 Å². The lowest BCUT2D eigenvalue weighted by Gasteiger charge is -2.24. The molecule has 2 N–H and O–H groups in total. The first-order valence-electron chi connectivity index (χ1n) is 10.8. The number of rotatable bonds is 2. The van der Waals surface area contributed by atoms with Gasteiger partial charge in [-0.2, -0.15) is 0 Å². The minimum absolute atomic E-state index is 0.0397. The molecular weight excluding hydrogens is 440 g/mol. The summed E-state index contributed by atoms with van der Waals surface area (Å²) < 4.78 is 34.0. The third kappa shape index (κ3) is 4.50. The van der Waals surface area contributed by atoms with Crippen LogP contribution in [0.25, 0.3) is 16.6 Å². The molecule has 0 saturated heterocycles. The Balaban J connectivity index is 0.000000499. The lowest BCUT2D eigenvalue weighted by molar-refractivity contribution is 0.0704. The number of likely N-dealkylation sites (N-methyl/N-ethyl adjacent to an activating group) is 1. The molecule has 4 aromatic rings. The van der Waals surface area contributed by atoms with E-state index < -0.39 is 17.4 Å². The number of fused-ring (bicyclic) bond motifs is 4. The minimum atomic E-state index is -1.00. The van der Waals surface area contributed by atoms with Crippen LogP contribution in [-0.4, -0.2) is 44.5 Å². The predicted octanol–water partition coefficient (Wildman–Crippen LogP) is 4.87. The van der Waals surface area contributed by atoms with Crippen LogP contribution in [0.3, 0.4) is 0 Å². The number of anilines is 1. The van der Waals surface area contributed by atoms with E-state index in [1.165, 1.54) is 37.8 Å². The van der Waals surface area contributed by atoms with E-state index in [1.54, 1.807) is 24.0 Å². The van der Waals surface area contributed by atoms with E-state index in [4.69, 9.17) is 10.5 Å². The number of nitrogens with zero attached hydrogens (tertiary/aromatic N) is 4. The zero-order valence-electron chi connectivity index (χ0n) is 19.8. The largest absolute Gasteiger partial charge is 0.491 e. The normalized spacial score (nSPS) is 15.0. The molecule has 0 bridgehead atoms. The molecule has 1 atom stereocenters. The number of ether oxygens (including phenoxy) is 1. The average Bonchev–Trinajstić information content (AvgIpc) is 3.38. The molecule has 178 valence electrons. The van der Waals surface area contributed by atoms with Crippen LogP contribution in [0.5, 0.6) is 5.75 Å². The number of alkyl halides is 1. The standard InChI is InChI=1S/C21H18FN5O2.C4H9F/c1-11-3-4-12-18(9-29-19(12)5-11)26(2)21(28)13-6-16-15(7-14(13)22)25-20(23)17-8-24-10-27(16)17;1-4(2,3)5/h3-8,10,18H,9H2,1-2H3,(H2,23,25);1-3H3. The first-order valence-corrected chi connectivity index (χ1v) is 10.8. The maximum absolute atomic E-state index is 14.8. The van der Waals surface area contributed by atoms with Crippen LogP contribution < -0.4 is 10.5 Å². The van der Waals surface area contributed by atoms with Crippen molar-refractivity contribution in [2.24, 2.45) is 0 Å². The molecule has 34 heavy (non-hydrogen) atoms. The van der Waals surface area contributed by atoms with Crippen molar-refractivity contribution in [1.29, 1.82) is 0 Å². The summed E-state index contributed by atoms with van der Waals surface area (Å²) in [5.41, 5.74) is 8.39. The molecule has 0 saturated carbocycles. The molecule has 2 aromatic heterocycles. The molecule has 2 aromatic carbocycles. The lowest BCUT2D eigenvalue weighted by atomic mass is 10.0. The van der Waals surface area contributed by atoms with Crippen molar-refractivity contribution < 1.29 is 18.3 Å². The molecular formula is C25H27F2N5O2. The number of imidazole rings is 1. The summed E-state index contributed by atoms with van der Waals surface area (Å²) in [7, 11) is 1.66. The van der Waals surface area contributed by atoms with E-state index in [1.807, 2.05) is 25.1 Å². The smallest absolute Gasteiger partial charge is 0.257 e. The first-order chi connectivity index (χ1) is 15.9. The number of amides is 1. The van der Waals surface area contributed by atoms with E-state index >= 15 is 0 Å². The number of halogens is 2. The van der Waals surface area contributed by atoms with Gasteiger partial charge in [-0.05, 0) is 45.4 Å². The second kappa shape index (κ2) is 8.55. The van der Waals surface area contributed by atoms with Gasteiger partial charge in [0.05, 0.1) is 35.2 Å². The Morgan fingerprint density at radius 3 is 2.65 bits per heavy atom. The van der Waals surface area contributed by atoms with Gasteiger partial charge >= 0.3 is 0 Å². The van der Waals surface area contributed by atoms with Gasteiger partial charge in [0.25, 0.3) is 5.91 Å². The minimum Gasteiger partial charge on any atom is -0.491 e. The second-order valence-electron chi connectivity index (χ2n) is 9.32. The molecule has 1 unspecified atom stereocenters. The maximum Gasteiger partial charge on any atom is 0.257 e. The molecule has 5 rings (SSSR count). The van der Waals surface area contributed by atoms with Crippen LogP contribution in [0.2, 0.25) is 0 Å². The number of hydrogen-bond donors (Lipinski definition) is 1. The fourth-order valence-corrected chi connectivity index (χ4v) is 3.81. The van der Waals surface area contributed by atoms with Crippen molar-refractivity contribution in [3.8, 4) is 5.75 Å². The first kappa shape index (κ1) is 23.4. The van der Waals surface area contributed by atoms with Crippen LogP contribution >= 0.6 is 0 Å². The van der Waals surface area contributed by atoms with E-state index in [9.17, 15) is 13.6 Å². The average molecular weight is 468 g/mol. The molecule has 1 amide bonds. The van der Waals surface area contributed by atoms with Crippen LogP contribution in [0.15, 0.2) is 42.9 Å². The summed E-state index contributed by atoms with van der Waals surface area (Å²) in [5, 5.41) is 0. The van der Waals surface area contributed by atoms with E-state index in [0.717, 1.165) is 16.9 Å². The van der Waals surface area contributed by atoms with Gasteiger partial charge in [0.15, 0.2) is 0 Å². The number of nitrogen functional groups attached to an aromatic ring is 1. The van der Waals surface area contributed by atoms with Gasteiger partial charge < -0.3 is 15.4 Å². The van der Waals surface area contributed by atoms with Gasteiger partial charge in [0.1, 0.15) is 35.2 Å². The Labute approximate surface area is 196 Å². The zero-order valence-corrected chi connectivity index (χ0v) is 19.8. The lowest BCUT2D eigenvalue weighted by Crippen LogP contribution is -2.32. The Kier molecular flexibility index (Phi) is 5.89. The summed E-state index contributed by atoms with van der Waals surface area (Å²) in [6.45, 7) is 6.88. The number of hydrogen-bond acceptors (Lipinski definition) is 5. The van der Waals surface area contributed by atoms with E-state index in [2.05, 4.69) is 9.97 Å². The number of carbonyl (C=O) groups excluding carboxylic acids is 1. The highest BCUT2D eigenvalue weighted by atomic mass is 19.1. The highest BCUT2D eigenvalue weighted by Gasteiger charge is 2.32. The highest BCUT2D eigenvalue weighted by Crippen LogP contribution is 2.37. The summed E-state index contributed by atoms with van der Waals surface area (Å²) >= 11 is 0. The third-order valence-electron chi connectivity index (χ3n) is 5.41. The monoisotopic (exact) mass is 467 g/mol. The molecule has 3 heterocycles. The Morgan fingerprint density at radius 2 is 1.94 bits per heavy atom. The fourth-order valence-electron chi connectivity index (χ4n) is 3.81. The van der Waals surface area contributed by atoms with Crippen LogP contribution in [0, 0.1) is 12.7 Å². The third-order valence-corrected chi connectivity index (χ3v) is 5.41. The molecule has 0 radical (unpaired) electrons. The van der Waals surface area contributed by atoms with Crippen molar-refractivity contribution in [2.45, 2.75) is 39.4 Å². The van der Waals surface area contributed by atoms with Crippen molar-refractivity contribution in [2.75, 3.05) is 19.4 Å². The highest BCUT2D eigenvalue weighted by molar-refractivity contribution is 5.98. The number of aromatic nitrogens is 3. The van der Waals surface area contributed by atoms with E-state index in [0.29, 0.717) is 23.2 Å². The predicted molar refractivity (Wildman–Crippen MR) is 127 cm³/mol. The van der Waals surface area contributed by atoms with Gasteiger partial charge in [-0.3, -0.25) is 9.20 Å². The second-order valence-corrected chi connectivity index (χ2v) is 9.32. The van der Waals surface area contributed by atoms with Crippen LogP contribution in [0.1, 0.15) is 48.3 Å². The van der Waals surface area contributed by atoms with Gasteiger partial charge in [-0.25, -0.2) is 18.7 Å². The molecule has 7 nitrogen and oxygen atoms in total. The Hall–Kier alpha value is -3.75. The molecule has 0 aliphatic carbocycles. The van der Waals surface area contributed by atoms with Gasteiger partial charge in [-0.1, -0.05) is 12.1 Å². The quantitative estimate of drug-likeness (QED) is 0.455. The topological polar surface area (TPSA) is 85.8 Å². The van der Waals surface area contributed by atoms with Crippen molar-refractivity contribution in [3.05, 3.63) is 65.4 Å². The van der Waals surface area contributed by atoms with Crippen molar-refractivity contribution in [1.82, 2.24) is 19.3 Å². The molecule has 0 spiro atoms. The van der Waals surface area contributed by atoms with Gasteiger partial charge in [-0.15, -0.1) is 0 Å². The van der Waals surface area contributed by atoms with Gasteiger partial charge in [0, 0.05) is 18.7 Å². The number of carbonyl (C=O) groups is 1. The summed E-state index contributed by atoms with van der Waals surface area (Å²) in [5.74, 6) is -0.0747. The maximum atomic E-state index is 14.8. The number of aryl methyl sites for hydroxylation is 1. The summed E-state index contributed by atoms with van der Waals surface area (Å²) in [4.78, 5) is 23.0. The van der Waals surface area contributed by atoms with E-state index in [-0.39, 0.29) is 17.4 Å². The van der Waals surface area contributed by atoms with Crippen LogP contribution in [-0.2, 0) is 0 Å². The molecule has 9 heteroatoms. The molecule has 0 fully saturated rings. The fraction of sp³-hybridized carbons (Fsp3) is 0.320. The summed E-state index contributed by atoms with van der Waals surface area (Å²) in [6.07, 6.45) is 3.14. The molecule has 1 aliphatic heterocycles. The molecule has 1 aliphatic rings. The SMILES string of the molecule is CC(C)(C)F.Cc1ccc2c(c1)OCC2N(C)C(=O)c1cc2c(cc1F)nc(N)c1cncn12. The van der Waals surface area contributed by atoms with Crippen molar-refractivity contribution in [3.63, 3.8) is 0 Å². The number of benzene rings is 2.